The van der Waals surface area contributed by atoms with E-state index in [9.17, 15) is 8.78 Å². The zero-order valence-electron chi connectivity index (χ0n) is 10.5. The van der Waals surface area contributed by atoms with E-state index in [0.717, 1.165) is 6.07 Å². The van der Waals surface area contributed by atoms with Crippen molar-refractivity contribution >= 4 is 11.6 Å². The Morgan fingerprint density at radius 1 is 1.39 bits per heavy atom. The van der Waals surface area contributed by atoms with Gasteiger partial charge >= 0.3 is 0 Å². The summed E-state index contributed by atoms with van der Waals surface area (Å²) >= 11 is 0. The molecule has 0 saturated carbocycles. The molecule has 0 atom stereocenters. The van der Waals surface area contributed by atoms with Gasteiger partial charge in [0.2, 0.25) is 0 Å². The summed E-state index contributed by atoms with van der Waals surface area (Å²) in [4.78, 5) is 5.55. The number of halogens is 2. The number of pyridine rings is 1. The third kappa shape index (κ3) is 3.29. The minimum atomic E-state index is -0.714. The van der Waals surface area contributed by atoms with Crippen LogP contribution in [0.15, 0.2) is 6.07 Å². The highest BCUT2D eigenvalue weighted by Gasteiger charge is 2.16. The topological polar surface area (TPSA) is 52.0 Å². The molecule has 0 aliphatic rings. The van der Waals surface area contributed by atoms with Crippen LogP contribution in [0.1, 0.15) is 20.3 Å². The highest BCUT2D eigenvalue weighted by atomic mass is 19.1. The Balaban J connectivity index is 3.05. The van der Waals surface area contributed by atoms with Crippen molar-refractivity contribution in [2.45, 2.75) is 20.3 Å². The summed E-state index contributed by atoms with van der Waals surface area (Å²) in [5.74, 6) is -1.32. The van der Waals surface area contributed by atoms with Crippen LogP contribution >= 0.6 is 0 Å². The molecule has 18 heavy (non-hydrogen) atoms. The molecule has 0 aliphatic carbocycles. The Morgan fingerprint density at radius 2 is 2.11 bits per heavy atom. The quantitative estimate of drug-likeness (QED) is 0.847. The third-order valence-corrected chi connectivity index (χ3v) is 2.43. The van der Waals surface area contributed by atoms with E-state index in [1.54, 1.807) is 11.8 Å². The Hall–Kier alpha value is -1.90. The van der Waals surface area contributed by atoms with Gasteiger partial charge in [-0.1, -0.05) is 0 Å². The Kier molecular flexibility index (Phi) is 5.31. The number of nitriles is 1. The lowest BCUT2D eigenvalue weighted by Gasteiger charge is -2.22. The first-order chi connectivity index (χ1) is 8.63. The van der Waals surface area contributed by atoms with Crippen LogP contribution in [0, 0.1) is 23.0 Å². The molecule has 1 N–H and O–H groups in total. The molecule has 0 aromatic carbocycles. The lowest BCUT2D eigenvalue weighted by Crippen LogP contribution is -2.26. The van der Waals surface area contributed by atoms with Crippen LogP contribution < -0.4 is 10.2 Å². The summed E-state index contributed by atoms with van der Waals surface area (Å²) < 4.78 is 27.1. The molecule has 1 heterocycles. The van der Waals surface area contributed by atoms with E-state index < -0.39 is 11.6 Å². The molecular weight excluding hydrogens is 238 g/mol. The van der Waals surface area contributed by atoms with Crippen molar-refractivity contribution in [3.63, 3.8) is 0 Å². The van der Waals surface area contributed by atoms with Crippen molar-refractivity contribution in [2.24, 2.45) is 0 Å². The summed E-state index contributed by atoms with van der Waals surface area (Å²) in [7, 11) is 0. The summed E-state index contributed by atoms with van der Waals surface area (Å²) in [5, 5.41) is 11.3. The number of hydrogen-bond acceptors (Lipinski definition) is 4. The zero-order chi connectivity index (χ0) is 13.5. The van der Waals surface area contributed by atoms with Gasteiger partial charge in [0.15, 0.2) is 23.3 Å². The monoisotopic (exact) mass is 254 g/mol. The second kappa shape index (κ2) is 6.74. The van der Waals surface area contributed by atoms with Gasteiger partial charge < -0.3 is 10.2 Å². The van der Waals surface area contributed by atoms with Crippen LogP contribution in [0.5, 0.6) is 0 Å². The van der Waals surface area contributed by atoms with E-state index in [1.807, 2.05) is 13.0 Å². The minimum Gasteiger partial charge on any atom is -0.368 e. The molecule has 1 aromatic heterocycles. The summed E-state index contributed by atoms with van der Waals surface area (Å²) in [5.41, 5.74) is 0. The van der Waals surface area contributed by atoms with Crippen molar-refractivity contribution in [2.75, 3.05) is 29.9 Å². The van der Waals surface area contributed by atoms with Crippen molar-refractivity contribution in [1.82, 2.24) is 4.98 Å². The lowest BCUT2D eigenvalue weighted by atomic mass is 10.3. The van der Waals surface area contributed by atoms with Crippen LogP contribution in [-0.4, -0.2) is 24.6 Å². The molecule has 98 valence electrons. The first-order valence-electron chi connectivity index (χ1n) is 5.85. The van der Waals surface area contributed by atoms with Crippen molar-refractivity contribution in [3.05, 3.63) is 17.7 Å². The van der Waals surface area contributed by atoms with Gasteiger partial charge in [0.25, 0.3) is 0 Å². The predicted molar refractivity (Wildman–Crippen MR) is 66.4 cm³/mol. The molecule has 0 saturated heterocycles. The number of anilines is 2. The first-order valence-corrected chi connectivity index (χ1v) is 5.85. The molecule has 0 fully saturated rings. The number of rotatable bonds is 6. The minimum absolute atomic E-state index is 0.0318. The number of hydrogen-bond donors (Lipinski definition) is 1. The van der Waals surface area contributed by atoms with Gasteiger partial charge in [-0.3, -0.25) is 0 Å². The number of aromatic nitrogens is 1. The van der Waals surface area contributed by atoms with Crippen LogP contribution in [0.3, 0.4) is 0 Å². The maximum Gasteiger partial charge on any atom is 0.168 e. The van der Waals surface area contributed by atoms with Crippen molar-refractivity contribution in [1.29, 1.82) is 5.26 Å². The van der Waals surface area contributed by atoms with Crippen LogP contribution in [0.4, 0.5) is 20.4 Å². The summed E-state index contributed by atoms with van der Waals surface area (Å²) in [6.45, 7) is 5.00. The molecule has 0 spiro atoms. The predicted octanol–water partition coefficient (Wildman–Crippen LogP) is 2.53. The Bertz CT molecular complexity index is 442. The SMILES string of the molecule is CCNc1nc(N(CC)CCC#N)c(F)cc1F. The maximum atomic E-state index is 13.7. The van der Waals surface area contributed by atoms with Crippen molar-refractivity contribution < 1.29 is 8.78 Å². The molecule has 0 aliphatic heterocycles. The van der Waals surface area contributed by atoms with Gasteiger partial charge in [0.05, 0.1) is 12.5 Å². The molecule has 1 aromatic rings. The molecule has 0 amide bonds. The van der Waals surface area contributed by atoms with Gasteiger partial charge in [-0.2, -0.15) is 5.26 Å². The summed E-state index contributed by atoms with van der Waals surface area (Å²) in [6.07, 6.45) is 0.267. The van der Waals surface area contributed by atoms with Crippen LogP contribution in [0.2, 0.25) is 0 Å². The fourth-order valence-corrected chi connectivity index (χ4v) is 1.57. The molecule has 1 rings (SSSR count). The zero-order valence-corrected chi connectivity index (χ0v) is 10.5. The fourth-order valence-electron chi connectivity index (χ4n) is 1.57. The molecule has 4 nitrogen and oxygen atoms in total. The van der Waals surface area contributed by atoms with Gasteiger partial charge in [0, 0.05) is 25.7 Å². The van der Waals surface area contributed by atoms with E-state index >= 15 is 0 Å². The standard InChI is InChI=1S/C12H16F2N4/c1-3-16-11-9(13)8-10(14)12(17-11)18(4-2)7-5-6-15/h8H,3-5,7H2,1-2H3,(H,16,17). The van der Waals surface area contributed by atoms with Gasteiger partial charge in [-0.15, -0.1) is 0 Å². The first kappa shape index (κ1) is 14.2. The highest BCUT2D eigenvalue weighted by molar-refractivity contribution is 5.49. The average Bonchev–Trinajstić information content (AvgIpc) is 2.35. The molecule has 0 radical (unpaired) electrons. The Morgan fingerprint density at radius 3 is 2.67 bits per heavy atom. The number of nitrogens with zero attached hydrogens (tertiary/aromatic N) is 3. The number of nitrogens with one attached hydrogen (secondary N) is 1. The van der Waals surface area contributed by atoms with Gasteiger partial charge in [-0.25, -0.2) is 13.8 Å². The van der Waals surface area contributed by atoms with Gasteiger partial charge in [0.1, 0.15) is 0 Å². The highest BCUT2D eigenvalue weighted by Crippen LogP contribution is 2.22. The van der Waals surface area contributed by atoms with E-state index in [0.29, 0.717) is 19.6 Å². The van der Waals surface area contributed by atoms with Crippen molar-refractivity contribution in [3.8, 4) is 6.07 Å². The van der Waals surface area contributed by atoms with E-state index in [1.165, 1.54) is 0 Å². The largest absolute Gasteiger partial charge is 0.368 e. The maximum absolute atomic E-state index is 13.7. The molecular formula is C12H16F2N4. The second-order valence-electron chi connectivity index (χ2n) is 3.64. The smallest absolute Gasteiger partial charge is 0.168 e. The molecule has 6 heteroatoms. The average molecular weight is 254 g/mol. The Labute approximate surface area is 105 Å². The van der Waals surface area contributed by atoms with Gasteiger partial charge in [-0.05, 0) is 13.8 Å². The molecule has 0 bridgehead atoms. The fraction of sp³-hybridized carbons (Fsp3) is 0.500. The van der Waals surface area contributed by atoms with E-state index in [4.69, 9.17) is 5.26 Å². The summed E-state index contributed by atoms with van der Waals surface area (Å²) in [6, 6.07) is 2.81. The van der Waals surface area contributed by atoms with Crippen LogP contribution in [0.25, 0.3) is 0 Å². The normalized spacial score (nSPS) is 9.94. The van der Waals surface area contributed by atoms with E-state index in [2.05, 4.69) is 10.3 Å². The van der Waals surface area contributed by atoms with E-state index in [-0.39, 0.29) is 18.1 Å². The second-order valence-corrected chi connectivity index (χ2v) is 3.64. The molecule has 0 unspecified atom stereocenters. The lowest BCUT2D eigenvalue weighted by molar-refractivity contribution is 0.570. The van der Waals surface area contributed by atoms with Crippen LogP contribution in [-0.2, 0) is 0 Å². The third-order valence-electron chi connectivity index (χ3n) is 2.43.